The Morgan fingerprint density at radius 1 is 1.08 bits per heavy atom. The van der Waals surface area contributed by atoms with Crippen molar-refractivity contribution in [3.63, 3.8) is 0 Å². The summed E-state index contributed by atoms with van der Waals surface area (Å²) in [6.07, 6.45) is -0.0144. The number of methoxy groups -OCH3 is 2. The van der Waals surface area contributed by atoms with Gasteiger partial charge in [0.15, 0.2) is 17.6 Å². The maximum absolute atomic E-state index is 13.0. The van der Waals surface area contributed by atoms with Gasteiger partial charge < -0.3 is 19.5 Å². The van der Waals surface area contributed by atoms with Crippen molar-refractivity contribution >= 4 is 5.91 Å². The number of amides is 1. The zero-order valence-corrected chi connectivity index (χ0v) is 15.4. The number of carbonyl (C=O) groups excluding carboxylic acids is 1. The van der Waals surface area contributed by atoms with E-state index in [9.17, 15) is 9.18 Å². The van der Waals surface area contributed by atoms with E-state index in [-0.39, 0.29) is 17.8 Å². The summed E-state index contributed by atoms with van der Waals surface area (Å²) in [6.45, 7) is 3.63. The molecule has 0 aliphatic carbocycles. The van der Waals surface area contributed by atoms with Crippen LogP contribution in [0, 0.1) is 5.82 Å². The molecule has 0 aliphatic rings. The maximum Gasteiger partial charge on any atom is 0.261 e. The van der Waals surface area contributed by atoms with E-state index in [4.69, 9.17) is 14.2 Å². The molecule has 0 unspecified atom stereocenters. The fourth-order valence-electron chi connectivity index (χ4n) is 2.55. The summed E-state index contributed by atoms with van der Waals surface area (Å²) >= 11 is 0. The summed E-state index contributed by atoms with van der Waals surface area (Å²) in [5.74, 6) is 1.07. The second-order valence-corrected chi connectivity index (χ2v) is 5.80. The van der Waals surface area contributed by atoms with Gasteiger partial charge >= 0.3 is 0 Å². The highest BCUT2D eigenvalue weighted by atomic mass is 19.1. The lowest BCUT2D eigenvalue weighted by atomic mass is 10.0. The van der Waals surface area contributed by atoms with Gasteiger partial charge in [0, 0.05) is 0 Å². The molecule has 0 aromatic heterocycles. The first kappa shape index (κ1) is 19.6. The number of hydrogen-bond donors (Lipinski definition) is 1. The molecule has 2 rings (SSSR count). The van der Waals surface area contributed by atoms with E-state index in [1.807, 2.05) is 19.1 Å². The van der Waals surface area contributed by atoms with Gasteiger partial charge in [0.2, 0.25) is 0 Å². The Bertz CT molecular complexity index is 733. The van der Waals surface area contributed by atoms with Gasteiger partial charge in [-0.25, -0.2) is 4.39 Å². The lowest BCUT2D eigenvalue weighted by Gasteiger charge is -2.22. The molecule has 0 fully saturated rings. The third-order valence-electron chi connectivity index (χ3n) is 4.03. The Morgan fingerprint density at radius 3 is 2.31 bits per heavy atom. The summed E-state index contributed by atoms with van der Waals surface area (Å²) in [5.41, 5.74) is 0.910. The van der Waals surface area contributed by atoms with Crippen molar-refractivity contribution in [2.75, 3.05) is 14.2 Å². The number of carbonyl (C=O) groups is 1. The molecule has 2 aromatic rings. The van der Waals surface area contributed by atoms with Crippen LogP contribution < -0.4 is 19.5 Å². The van der Waals surface area contributed by atoms with Crippen LogP contribution in [0.5, 0.6) is 17.2 Å². The highest BCUT2D eigenvalue weighted by Crippen LogP contribution is 2.31. The van der Waals surface area contributed by atoms with E-state index in [1.165, 1.54) is 24.3 Å². The first-order valence-corrected chi connectivity index (χ1v) is 8.43. The van der Waals surface area contributed by atoms with Crippen molar-refractivity contribution in [3.8, 4) is 17.2 Å². The molecule has 0 saturated carbocycles. The van der Waals surface area contributed by atoms with Gasteiger partial charge in [-0.15, -0.1) is 0 Å². The van der Waals surface area contributed by atoms with Gasteiger partial charge in [0.25, 0.3) is 5.91 Å². The number of rotatable bonds is 8. The Morgan fingerprint density at radius 2 is 1.73 bits per heavy atom. The van der Waals surface area contributed by atoms with Gasteiger partial charge in [-0.2, -0.15) is 0 Å². The molecule has 0 spiro atoms. The van der Waals surface area contributed by atoms with Crippen molar-refractivity contribution in [1.82, 2.24) is 5.32 Å². The van der Waals surface area contributed by atoms with E-state index in [2.05, 4.69) is 5.32 Å². The van der Waals surface area contributed by atoms with Crippen molar-refractivity contribution in [2.45, 2.75) is 32.4 Å². The van der Waals surface area contributed by atoms with Gasteiger partial charge in [0.05, 0.1) is 20.3 Å². The number of nitrogens with one attached hydrogen (secondary N) is 1. The minimum atomic E-state index is -0.713. The molecule has 2 aromatic carbocycles. The van der Waals surface area contributed by atoms with E-state index in [1.54, 1.807) is 27.2 Å². The minimum Gasteiger partial charge on any atom is -0.493 e. The predicted molar refractivity (Wildman–Crippen MR) is 97.2 cm³/mol. The standard InChI is InChI=1S/C20H24FNO4/c1-5-17(14-6-11-18(24-3)19(12-14)25-4)22-20(23)13(2)26-16-9-7-15(21)8-10-16/h6-13,17H,5H2,1-4H3,(H,22,23)/t13-,17-/m1/s1. The summed E-state index contributed by atoms with van der Waals surface area (Å²) in [4.78, 5) is 12.5. The van der Waals surface area contributed by atoms with Gasteiger partial charge in [-0.05, 0) is 55.3 Å². The smallest absolute Gasteiger partial charge is 0.261 e. The van der Waals surface area contributed by atoms with Crippen LogP contribution in [0.4, 0.5) is 4.39 Å². The number of hydrogen-bond acceptors (Lipinski definition) is 4. The van der Waals surface area contributed by atoms with Crippen molar-refractivity contribution in [1.29, 1.82) is 0 Å². The van der Waals surface area contributed by atoms with E-state index in [0.717, 1.165) is 5.56 Å². The number of benzene rings is 2. The highest BCUT2D eigenvalue weighted by Gasteiger charge is 2.20. The molecule has 0 heterocycles. The first-order chi connectivity index (χ1) is 12.5. The molecule has 0 aliphatic heterocycles. The van der Waals surface area contributed by atoms with Gasteiger partial charge in [0.1, 0.15) is 11.6 Å². The third-order valence-corrected chi connectivity index (χ3v) is 4.03. The minimum absolute atomic E-state index is 0.193. The summed E-state index contributed by atoms with van der Waals surface area (Å²) in [7, 11) is 3.14. The Kier molecular flexibility index (Phi) is 6.83. The van der Waals surface area contributed by atoms with Crippen LogP contribution in [-0.4, -0.2) is 26.2 Å². The second-order valence-electron chi connectivity index (χ2n) is 5.80. The van der Waals surface area contributed by atoms with Crippen molar-refractivity contribution < 1.29 is 23.4 Å². The maximum atomic E-state index is 13.0. The molecule has 0 bridgehead atoms. The SMILES string of the molecule is CC[C@@H](NC(=O)[C@@H](C)Oc1ccc(F)cc1)c1ccc(OC)c(OC)c1. The lowest BCUT2D eigenvalue weighted by Crippen LogP contribution is -2.38. The lowest BCUT2D eigenvalue weighted by molar-refractivity contribution is -0.128. The normalized spacial score (nSPS) is 12.8. The summed E-state index contributed by atoms with van der Waals surface area (Å²) < 4.78 is 29.1. The monoisotopic (exact) mass is 361 g/mol. The molecule has 6 heteroatoms. The fourth-order valence-corrected chi connectivity index (χ4v) is 2.55. The molecule has 140 valence electrons. The molecule has 5 nitrogen and oxygen atoms in total. The Balaban J connectivity index is 2.06. The molecule has 26 heavy (non-hydrogen) atoms. The molecule has 2 atom stereocenters. The number of ether oxygens (including phenoxy) is 3. The Hall–Kier alpha value is -2.76. The van der Waals surface area contributed by atoms with Crippen LogP contribution >= 0.6 is 0 Å². The van der Waals surface area contributed by atoms with E-state index in [0.29, 0.717) is 23.7 Å². The second kappa shape index (κ2) is 9.08. The Labute approximate surface area is 153 Å². The van der Waals surface area contributed by atoms with Crippen LogP contribution in [0.2, 0.25) is 0 Å². The largest absolute Gasteiger partial charge is 0.493 e. The first-order valence-electron chi connectivity index (χ1n) is 8.43. The molecule has 0 radical (unpaired) electrons. The fraction of sp³-hybridized carbons (Fsp3) is 0.350. The van der Waals surface area contributed by atoms with Gasteiger partial charge in [-0.1, -0.05) is 13.0 Å². The van der Waals surface area contributed by atoms with Crippen LogP contribution in [0.25, 0.3) is 0 Å². The summed E-state index contributed by atoms with van der Waals surface area (Å²) in [5, 5.41) is 2.97. The molecule has 0 saturated heterocycles. The van der Waals surface area contributed by atoms with Crippen molar-refractivity contribution in [2.24, 2.45) is 0 Å². The molecule has 1 N–H and O–H groups in total. The zero-order chi connectivity index (χ0) is 19.1. The summed E-state index contributed by atoms with van der Waals surface area (Å²) in [6, 6.07) is 10.9. The molecule has 1 amide bonds. The third kappa shape index (κ3) is 4.88. The average molecular weight is 361 g/mol. The van der Waals surface area contributed by atoms with Crippen molar-refractivity contribution in [3.05, 3.63) is 53.8 Å². The van der Waals surface area contributed by atoms with Crippen LogP contribution in [0.15, 0.2) is 42.5 Å². The topological polar surface area (TPSA) is 56.8 Å². The molecular formula is C20H24FNO4. The van der Waals surface area contributed by atoms with Crippen LogP contribution in [-0.2, 0) is 4.79 Å². The van der Waals surface area contributed by atoms with E-state index >= 15 is 0 Å². The quantitative estimate of drug-likeness (QED) is 0.775. The van der Waals surface area contributed by atoms with E-state index < -0.39 is 6.10 Å². The zero-order valence-electron chi connectivity index (χ0n) is 15.4. The molecular weight excluding hydrogens is 337 g/mol. The van der Waals surface area contributed by atoms with Crippen LogP contribution in [0.3, 0.4) is 0 Å². The van der Waals surface area contributed by atoms with Gasteiger partial charge in [-0.3, -0.25) is 4.79 Å². The highest BCUT2D eigenvalue weighted by molar-refractivity contribution is 5.81. The van der Waals surface area contributed by atoms with Crippen LogP contribution in [0.1, 0.15) is 31.9 Å². The number of halogens is 1. The predicted octanol–water partition coefficient (Wildman–Crippen LogP) is 3.88. The average Bonchev–Trinajstić information content (AvgIpc) is 2.67.